The topological polar surface area (TPSA) is 72.4 Å². The zero-order chi connectivity index (χ0) is 25.6. The van der Waals surface area contributed by atoms with E-state index in [4.69, 9.17) is 14.2 Å². The highest BCUT2D eigenvalue weighted by Gasteiger charge is 2.22. The average molecular weight is 497 g/mol. The standard InChI is InChI=1S/C31H45NO4/c1-3-4-7-10-24-11-13-25(14-12-24)26-15-18-28(19-16-26)36-31(33)27-17-20-29(30(23-27)34-2)35-22-9-6-5-8-21-32/h15-20,23-25H,3-14,21-22,32H2,1-2H3/p+1. The van der Waals surface area contributed by atoms with Gasteiger partial charge < -0.3 is 19.9 Å². The highest BCUT2D eigenvalue weighted by Crippen LogP contribution is 2.38. The van der Waals surface area contributed by atoms with Gasteiger partial charge in [0.05, 0.1) is 25.8 Å². The molecule has 5 nitrogen and oxygen atoms in total. The van der Waals surface area contributed by atoms with Crippen LogP contribution in [-0.4, -0.2) is 26.2 Å². The zero-order valence-corrected chi connectivity index (χ0v) is 22.4. The van der Waals surface area contributed by atoms with Gasteiger partial charge in [-0.3, -0.25) is 0 Å². The van der Waals surface area contributed by atoms with Gasteiger partial charge in [0.1, 0.15) is 5.75 Å². The predicted molar refractivity (Wildman–Crippen MR) is 145 cm³/mol. The van der Waals surface area contributed by atoms with E-state index in [1.807, 2.05) is 12.1 Å². The Morgan fingerprint density at radius 2 is 1.64 bits per heavy atom. The molecule has 5 heteroatoms. The number of ether oxygens (including phenoxy) is 3. The van der Waals surface area contributed by atoms with E-state index in [1.165, 1.54) is 63.4 Å². The van der Waals surface area contributed by atoms with Crippen molar-refractivity contribution >= 4 is 5.97 Å². The third kappa shape index (κ3) is 8.85. The summed E-state index contributed by atoms with van der Waals surface area (Å²) < 4.78 is 17.0. The summed E-state index contributed by atoms with van der Waals surface area (Å²) in [6, 6.07) is 13.3. The molecule has 2 aromatic carbocycles. The van der Waals surface area contributed by atoms with Crippen LogP contribution < -0.4 is 19.9 Å². The molecule has 0 aromatic heterocycles. The molecular formula is C31H46NO4+. The molecule has 0 aliphatic heterocycles. The molecule has 0 amide bonds. The van der Waals surface area contributed by atoms with Crippen LogP contribution in [0.4, 0.5) is 0 Å². The number of unbranched alkanes of at least 4 members (excludes halogenated alkanes) is 5. The highest BCUT2D eigenvalue weighted by molar-refractivity contribution is 5.91. The first kappa shape index (κ1) is 28.0. The van der Waals surface area contributed by atoms with Crippen molar-refractivity contribution < 1.29 is 24.7 Å². The molecule has 3 rings (SSSR count). The molecule has 0 bridgehead atoms. The number of carbonyl (C=O) groups is 1. The maximum absolute atomic E-state index is 12.8. The lowest BCUT2D eigenvalue weighted by atomic mass is 9.77. The average Bonchev–Trinajstić information content (AvgIpc) is 2.91. The van der Waals surface area contributed by atoms with Gasteiger partial charge in [-0.25, -0.2) is 4.79 Å². The van der Waals surface area contributed by atoms with Crippen LogP contribution in [0.1, 0.15) is 106 Å². The maximum atomic E-state index is 12.8. The summed E-state index contributed by atoms with van der Waals surface area (Å²) in [5.74, 6) is 2.90. The van der Waals surface area contributed by atoms with Crippen LogP contribution in [0.5, 0.6) is 17.2 Å². The first-order valence-electron chi connectivity index (χ1n) is 14.1. The normalized spacial score (nSPS) is 17.5. The number of benzene rings is 2. The van der Waals surface area contributed by atoms with E-state index >= 15 is 0 Å². The monoisotopic (exact) mass is 496 g/mol. The molecule has 0 saturated heterocycles. The van der Waals surface area contributed by atoms with E-state index in [1.54, 1.807) is 25.3 Å². The van der Waals surface area contributed by atoms with E-state index < -0.39 is 5.97 Å². The van der Waals surface area contributed by atoms with Crippen molar-refractivity contribution in [2.45, 2.75) is 89.9 Å². The molecule has 0 atom stereocenters. The minimum Gasteiger partial charge on any atom is -0.493 e. The second kappa shape index (κ2) is 15.6. The van der Waals surface area contributed by atoms with Crippen LogP contribution in [0.25, 0.3) is 0 Å². The van der Waals surface area contributed by atoms with Gasteiger partial charge >= 0.3 is 5.97 Å². The quantitative estimate of drug-likeness (QED) is 0.164. The number of carbonyl (C=O) groups excluding carboxylic acids is 1. The van der Waals surface area contributed by atoms with Crippen LogP contribution in [0.3, 0.4) is 0 Å². The summed E-state index contributed by atoms with van der Waals surface area (Å²) in [5.41, 5.74) is 5.67. The molecular weight excluding hydrogens is 450 g/mol. The Labute approximate surface area is 217 Å². The van der Waals surface area contributed by atoms with Crippen LogP contribution >= 0.6 is 0 Å². The molecule has 1 saturated carbocycles. The van der Waals surface area contributed by atoms with Crippen LogP contribution in [0.2, 0.25) is 0 Å². The summed E-state index contributed by atoms with van der Waals surface area (Å²) in [6.45, 7) is 3.89. The van der Waals surface area contributed by atoms with Crippen molar-refractivity contribution in [1.29, 1.82) is 0 Å². The Balaban J connectivity index is 1.48. The lowest BCUT2D eigenvalue weighted by Crippen LogP contribution is -2.50. The molecule has 0 spiro atoms. The lowest BCUT2D eigenvalue weighted by Gasteiger charge is -2.29. The summed E-state index contributed by atoms with van der Waals surface area (Å²) in [6.07, 6.45) is 15.1. The Morgan fingerprint density at radius 1 is 0.889 bits per heavy atom. The van der Waals surface area contributed by atoms with Gasteiger partial charge in [0.25, 0.3) is 0 Å². The van der Waals surface area contributed by atoms with Crippen molar-refractivity contribution in [2.75, 3.05) is 20.3 Å². The van der Waals surface area contributed by atoms with Gasteiger partial charge in [-0.15, -0.1) is 0 Å². The van der Waals surface area contributed by atoms with Crippen LogP contribution in [0, 0.1) is 5.92 Å². The largest absolute Gasteiger partial charge is 0.493 e. The summed E-state index contributed by atoms with van der Waals surface area (Å²) in [4.78, 5) is 12.8. The Bertz CT molecular complexity index is 903. The Hall–Kier alpha value is -2.53. The minimum absolute atomic E-state index is 0.395. The molecule has 198 valence electrons. The van der Waals surface area contributed by atoms with Gasteiger partial charge in [-0.2, -0.15) is 0 Å². The summed E-state index contributed by atoms with van der Waals surface area (Å²) >= 11 is 0. The van der Waals surface area contributed by atoms with Crippen LogP contribution in [0.15, 0.2) is 42.5 Å². The second-order valence-electron chi connectivity index (χ2n) is 10.2. The maximum Gasteiger partial charge on any atom is 0.343 e. The van der Waals surface area contributed by atoms with Gasteiger partial charge in [0, 0.05) is 0 Å². The summed E-state index contributed by atoms with van der Waals surface area (Å²) in [5, 5.41) is 0. The highest BCUT2D eigenvalue weighted by atomic mass is 16.5. The molecule has 0 radical (unpaired) electrons. The van der Waals surface area contributed by atoms with E-state index in [0.717, 1.165) is 31.7 Å². The third-order valence-corrected chi connectivity index (χ3v) is 7.43. The molecule has 0 unspecified atom stereocenters. The van der Waals surface area contributed by atoms with E-state index in [9.17, 15) is 4.79 Å². The van der Waals surface area contributed by atoms with Crippen molar-refractivity contribution in [1.82, 2.24) is 0 Å². The SMILES string of the molecule is CCCCCC1CCC(c2ccc(OC(=O)c3ccc(OCCCCCC[NH3+])c(OC)c3)cc2)CC1. The number of rotatable bonds is 15. The van der Waals surface area contributed by atoms with E-state index in [0.29, 0.717) is 35.3 Å². The lowest BCUT2D eigenvalue weighted by molar-refractivity contribution is -0.368. The fraction of sp³-hybridized carbons (Fsp3) is 0.581. The van der Waals surface area contributed by atoms with Gasteiger partial charge in [-0.1, -0.05) is 44.7 Å². The molecule has 1 aliphatic carbocycles. The molecule has 3 N–H and O–H groups in total. The number of hydrogen-bond acceptors (Lipinski definition) is 4. The Kier molecular flexibility index (Phi) is 12.1. The summed E-state index contributed by atoms with van der Waals surface area (Å²) in [7, 11) is 1.59. The minimum atomic E-state index is -0.395. The molecule has 2 aromatic rings. The van der Waals surface area contributed by atoms with Gasteiger partial charge in [0.15, 0.2) is 11.5 Å². The number of quaternary nitrogens is 1. The predicted octanol–water partition coefficient (Wildman–Crippen LogP) is 6.95. The fourth-order valence-electron chi connectivity index (χ4n) is 5.17. The number of methoxy groups -OCH3 is 1. The second-order valence-corrected chi connectivity index (χ2v) is 10.2. The van der Waals surface area contributed by atoms with Crippen molar-refractivity contribution in [3.8, 4) is 17.2 Å². The molecule has 1 fully saturated rings. The van der Waals surface area contributed by atoms with Gasteiger partial charge in [0.2, 0.25) is 0 Å². The first-order valence-corrected chi connectivity index (χ1v) is 14.1. The van der Waals surface area contributed by atoms with Crippen molar-refractivity contribution in [2.24, 2.45) is 5.92 Å². The zero-order valence-electron chi connectivity index (χ0n) is 22.4. The van der Waals surface area contributed by atoms with Gasteiger partial charge in [-0.05, 0) is 99.1 Å². The van der Waals surface area contributed by atoms with Crippen LogP contribution in [-0.2, 0) is 0 Å². The number of hydrogen-bond donors (Lipinski definition) is 1. The molecule has 1 aliphatic rings. The smallest absolute Gasteiger partial charge is 0.343 e. The molecule has 36 heavy (non-hydrogen) atoms. The Morgan fingerprint density at radius 3 is 2.33 bits per heavy atom. The van der Waals surface area contributed by atoms with Crippen molar-refractivity contribution in [3.63, 3.8) is 0 Å². The van der Waals surface area contributed by atoms with E-state index in [-0.39, 0.29) is 0 Å². The first-order chi connectivity index (χ1) is 17.6. The van der Waals surface area contributed by atoms with Crippen molar-refractivity contribution in [3.05, 3.63) is 53.6 Å². The van der Waals surface area contributed by atoms with E-state index in [2.05, 4.69) is 24.8 Å². The third-order valence-electron chi connectivity index (χ3n) is 7.43. The fourth-order valence-corrected chi connectivity index (χ4v) is 5.17. The number of esters is 1. The molecule has 0 heterocycles.